The summed E-state index contributed by atoms with van der Waals surface area (Å²) < 4.78 is 0. The van der Waals surface area contributed by atoms with Crippen molar-refractivity contribution >= 4 is 5.91 Å². The molecular weight excluding hydrogens is 176 g/mol. The zero-order chi connectivity index (χ0) is 10.1. The molecule has 0 radical (unpaired) electrons. The molecule has 1 aliphatic carbocycles. The van der Waals surface area contributed by atoms with Crippen molar-refractivity contribution < 1.29 is 4.79 Å². The number of nitrogens with zero attached hydrogens (tertiary/aromatic N) is 1. The van der Waals surface area contributed by atoms with Crippen LogP contribution in [0.2, 0.25) is 0 Å². The number of nitrogens with one attached hydrogen (secondary N) is 1. The lowest BCUT2D eigenvalue weighted by Crippen LogP contribution is -2.57. The third-order valence-electron chi connectivity index (χ3n) is 3.77. The Morgan fingerprint density at radius 2 is 1.93 bits per heavy atom. The molecule has 2 unspecified atom stereocenters. The average Bonchev–Trinajstić information content (AvgIpc) is 2.66. The largest absolute Gasteiger partial charge is 0.288 e. The van der Waals surface area contributed by atoms with Crippen LogP contribution in [-0.2, 0) is 4.79 Å². The van der Waals surface area contributed by atoms with Gasteiger partial charge in [-0.05, 0) is 18.8 Å². The molecule has 0 spiro atoms. The summed E-state index contributed by atoms with van der Waals surface area (Å²) >= 11 is 0. The van der Waals surface area contributed by atoms with Gasteiger partial charge in [-0.1, -0.05) is 26.7 Å². The third-order valence-corrected chi connectivity index (χ3v) is 3.77. The molecule has 2 rings (SSSR count). The minimum atomic E-state index is 0.174. The van der Waals surface area contributed by atoms with Gasteiger partial charge in [0.05, 0.1) is 0 Å². The SMILES string of the molecule is CC1CN(C2CCCC2)NC(=O)C1C. The molecule has 1 amide bonds. The van der Waals surface area contributed by atoms with Crippen LogP contribution < -0.4 is 5.43 Å². The number of carbonyl (C=O) groups is 1. The molecule has 2 fully saturated rings. The highest BCUT2D eigenvalue weighted by Gasteiger charge is 2.33. The number of rotatable bonds is 1. The van der Waals surface area contributed by atoms with Crippen molar-refractivity contribution in [1.29, 1.82) is 0 Å². The minimum Gasteiger partial charge on any atom is -0.288 e. The molecule has 1 heterocycles. The first kappa shape index (κ1) is 9.97. The van der Waals surface area contributed by atoms with E-state index in [4.69, 9.17) is 0 Å². The van der Waals surface area contributed by atoms with Gasteiger partial charge in [-0.3, -0.25) is 10.2 Å². The fourth-order valence-corrected chi connectivity index (χ4v) is 2.47. The molecule has 0 aromatic heterocycles. The molecule has 0 aromatic rings. The summed E-state index contributed by atoms with van der Waals surface area (Å²) in [6.07, 6.45) is 5.14. The zero-order valence-corrected chi connectivity index (χ0v) is 9.12. The van der Waals surface area contributed by atoms with Crippen molar-refractivity contribution in [3.8, 4) is 0 Å². The van der Waals surface area contributed by atoms with Crippen molar-refractivity contribution in [1.82, 2.24) is 10.4 Å². The van der Waals surface area contributed by atoms with Crippen LogP contribution in [0.4, 0.5) is 0 Å². The molecule has 80 valence electrons. The smallest absolute Gasteiger partial charge is 0.237 e. The number of hydrogen-bond acceptors (Lipinski definition) is 2. The van der Waals surface area contributed by atoms with E-state index in [0.717, 1.165) is 6.54 Å². The summed E-state index contributed by atoms with van der Waals surface area (Å²) in [6.45, 7) is 5.22. The Hall–Kier alpha value is -0.570. The summed E-state index contributed by atoms with van der Waals surface area (Å²) in [5.41, 5.74) is 3.03. The second-order valence-corrected chi connectivity index (χ2v) is 4.83. The van der Waals surface area contributed by atoms with Crippen LogP contribution in [0.15, 0.2) is 0 Å². The molecule has 1 saturated carbocycles. The summed E-state index contributed by atoms with van der Waals surface area (Å²) in [7, 11) is 0. The van der Waals surface area contributed by atoms with Crippen LogP contribution in [0.1, 0.15) is 39.5 Å². The predicted molar refractivity (Wildman–Crippen MR) is 55.4 cm³/mol. The van der Waals surface area contributed by atoms with Crippen LogP contribution in [0.3, 0.4) is 0 Å². The fraction of sp³-hybridized carbons (Fsp3) is 0.909. The summed E-state index contributed by atoms with van der Waals surface area (Å²) in [5, 5.41) is 2.18. The maximum absolute atomic E-state index is 11.6. The van der Waals surface area contributed by atoms with Gasteiger partial charge in [0.15, 0.2) is 0 Å². The Morgan fingerprint density at radius 3 is 2.50 bits per heavy atom. The first-order valence-electron chi connectivity index (χ1n) is 5.75. The lowest BCUT2D eigenvalue weighted by molar-refractivity contribution is -0.138. The molecule has 3 heteroatoms. The van der Waals surface area contributed by atoms with Gasteiger partial charge in [0.1, 0.15) is 0 Å². The average molecular weight is 196 g/mol. The lowest BCUT2D eigenvalue weighted by atomic mass is 9.93. The van der Waals surface area contributed by atoms with Gasteiger partial charge < -0.3 is 0 Å². The van der Waals surface area contributed by atoms with Crippen molar-refractivity contribution in [2.24, 2.45) is 11.8 Å². The highest BCUT2D eigenvalue weighted by atomic mass is 16.2. The summed E-state index contributed by atoms with van der Waals surface area (Å²) in [4.78, 5) is 11.6. The molecule has 3 nitrogen and oxygen atoms in total. The minimum absolute atomic E-state index is 0.174. The summed E-state index contributed by atoms with van der Waals surface area (Å²) in [5.74, 6) is 0.868. The van der Waals surface area contributed by atoms with E-state index in [9.17, 15) is 4.79 Å². The lowest BCUT2D eigenvalue weighted by Gasteiger charge is -2.38. The van der Waals surface area contributed by atoms with Gasteiger partial charge in [-0.25, -0.2) is 5.01 Å². The highest BCUT2D eigenvalue weighted by Crippen LogP contribution is 2.26. The van der Waals surface area contributed by atoms with E-state index in [-0.39, 0.29) is 11.8 Å². The van der Waals surface area contributed by atoms with Gasteiger partial charge in [-0.15, -0.1) is 0 Å². The molecule has 14 heavy (non-hydrogen) atoms. The molecule has 0 aromatic carbocycles. The molecule has 2 atom stereocenters. The Morgan fingerprint density at radius 1 is 1.29 bits per heavy atom. The van der Waals surface area contributed by atoms with Crippen LogP contribution >= 0.6 is 0 Å². The molecule has 1 N–H and O–H groups in total. The van der Waals surface area contributed by atoms with Crippen LogP contribution in [0, 0.1) is 11.8 Å². The van der Waals surface area contributed by atoms with Gasteiger partial charge in [-0.2, -0.15) is 0 Å². The monoisotopic (exact) mass is 196 g/mol. The first-order valence-corrected chi connectivity index (χ1v) is 5.75. The van der Waals surface area contributed by atoms with E-state index in [1.807, 2.05) is 6.92 Å². The number of hydrazine groups is 1. The van der Waals surface area contributed by atoms with Crippen molar-refractivity contribution in [2.45, 2.75) is 45.6 Å². The van der Waals surface area contributed by atoms with Gasteiger partial charge >= 0.3 is 0 Å². The van der Waals surface area contributed by atoms with Crippen molar-refractivity contribution in [2.75, 3.05) is 6.54 Å². The highest BCUT2D eigenvalue weighted by molar-refractivity contribution is 5.78. The normalized spacial score (nSPS) is 36.0. The number of amides is 1. The Labute approximate surface area is 85.8 Å². The Kier molecular flexibility index (Phi) is 2.77. The Balaban J connectivity index is 1.97. The molecule has 0 bridgehead atoms. The summed E-state index contributed by atoms with van der Waals surface area (Å²) in [6, 6.07) is 0.605. The zero-order valence-electron chi connectivity index (χ0n) is 9.12. The van der Waals surface area contributed by atoms with Crippen LogP contribution in [-0.4, -0.2) is 23.5 Å². The number of carbonyl (C=O) groups excluding carboxylic acids is 1. The van der Waals surface area contributed by atoms with E-state index in [1.165, 1.54) is 25.7 Å². The van der Waals surface area contributed by atoms with E-state index in [2.05, 4.69) is 17.4 Å². The molecule has 2 aliphatic rings. The second kappa shape index (κ2) is 3.89. The second-order valence-electron chi connectivity index (χ2n) is 4.83. The van der Waals surface area contributed by atoms with Crippen molar-refractivity contribution in [3.05, 3.63) is 0 Å². The maximum Gasteiger partial charge on any atom is 0.237 e. The first-order chi connectivity index (χ1) is 6.68. The van der Waals surface area contributed by atoms with Gasteiger partial charge in [0.2, 0.25) is 5.91 Å². The van der Waals surface area contributed by atoms with E-state index >= 15 is 0 Å². The predicted octanol–water partition coefficient (Wildman–Crippen LogP) is 1.55. The topological polar surface area (TPSA) is 32.3 Å². The maximum atomic E-state index is 11.6. The molecule has 1 saturated heterocycles. The Bertz CT molecular complexity index is 223. The van der Waals surface area contributed by atoms with Gasteiger partial charge in [0, 0.05) is 18.5 Å². The number of hydrogen-bond donors (Lipinski definition) is 1. The van der Waals surface area contributed by atoms with E-state index < -0.39 is 0 Å². The molecule has 1 aliphatic heterocycles. The van der Waals surface area contributed by atoms with E-state index in [1.54, 1.807) is 0 Å². The quantitative estimate of drug-likeness (QED) is 0.690. The standard InChI is InChI=1S/C11H20N2O/c1-8-7-13(10-5-3-4-6-10)12-11(14)9(8)2/h8-10H,3-7H2,1-2H3,(H,12,14). The van der Waals surface area contributed by atoms with Crippen LogP contribution in [0.25, 0.3) is 0 Å². The van der Waals surface area contributed by atoms with Crippen molar-refractivity contribution in [3.63, 3.8) is 0 Å². The van der Waals surface area contributed by atoms with E-state index in [0.29, 0.717) is 12.0 Å². The third kappa shape index (κ3) is 1.78. The van der Waals surface area contributed by atoms with Gasteiger partial charge in [0.25, 0.3) is 0 Å². The van der Waals surface area contributed by atoms with Crippen LogP contribution in [0.5, 0.6) is 0 Å². The molecular formula is C11H20N2O. The fourth-order valence-electron chi connectivity index (χ4n) is 2.47.